The van der Waals surface area contributed by atoms with E-state index < -0.39 is 11.8 Å². The summed E-state index contributed by atoms with van der Waals surface area (Å²) < 4.78 is 26.4. The van der Waals surface area contributed by atoms with Gasteiger partial charge in [-0.2, -0.15) is 5.10 Å². The number of halogens is 1. The number of carbonyl (C=O) groups excluding carboxylic acids is 1. The second kappa shape index (κ2) is 8.83. The Labute approximate surface area is 179 Å². The average Bonchev–Trinajstić information content (AvgIpc) is 3.10. The highest BCUT2D eigenvalue weighted by molar-refractivity contribution is 5.89. The summed E-state index contributed by atoms with van der Waals surface area (Å²) in [4.78, 5) is 12.5. The first-order valence-corrected chi connectivity index (χ1v) is 9.80. The van der Waals surface area contributed by atoms with Crippen molar-refractivity contribution < 1.29 is 18.7 Å². The van der Waals surface area contributed by atoms with Crippen molar-refractivity contribution in [2.24, 2.45) is 7.05 Å². The molecule has 0 unspecified atom stereocenters. The van der Waals surface area contributed by atoms with Gasteiger partial charge in [0.25, 0.3) is 0 Å². The maximum Gasteiger partial charge on any atom is 0.338 e. The minimum Gasteiger partial charge on any atom is -0.457 e. The molecule has 0 aliphatic heterocycles. The summed E-state index contributed by atoms with van der Waals surface area (Å²) in [5.41, 5.74) is 3.58. The number of rotatable bonds is 6. The lowest BCUT2D eigenvalue weighted by Crippen LogP contribution is -2.06. The first-order chi connectivity index (χ1) is 15.0. The van der Waals surface area contributed by atoms with Gasteiger partial charge in [0.05, 0.1) is 11.1 Å². The van der Waals surface area contributed by atoms with Crippen LogP contribution in [0, 0.1) is 12.7 Å². The van der Waals surface area contributed by atoms with Crippen molar-refractivity contribution in [1.29, 1.82) is 0 Å². The molecular weight excluding hydrogens is 395 g/mol. The zero-order valence-corrected chi connectivity index (χ0v) is 17.2. The van der Waals surface area contributed by atoms with E-state index >= 15 is 0 Å². The van der Waals surface area contributed by atoms with E-state index in [1.165, 1.54) is 24.3 Å². The molecule has 5 nitrogen and oxygen atoms in total. The van der Waals surface area contributed by atoms with Crippen LogP contribution in [0.2, 0.25) is 0 Å². The van der Waals surface area contributed by atoms with Gasteiger partial charge in [-0.3, -0.25) is 0 Å². The topological polar surface area (TPSA) is 53.4 Å². The summed E-state index contributed by atoms with van der Waals surface area (Å²) in [5, 5.41) is 4.61. The maximum absolute atomic E-state index is 13.1. The van der Waals surface area contributed by atoms with Crippen LogP contribution in [0.15, 0.2) is 78.9 Å². The van der Waals surface area contributed by atoms with Crippen molar-refractivity contribution in [2.45, 2.75) is 13.5 Å². The Morgan fingerprint density at radius 3 is 2.32 bits per heavy atom. The Morgan fingerprint density at radius 1 is 0.968 bits per heavy atom. The Hall–Kier alpha value is -3.93. The molecule has 1 aromatic heterocycles. The number of hydrogen-bond acceptors (Lipinski definition) is 4. The Kier molecular flexibility index (Phi) is 5.80. The molecule has 0 saturated heterocycles. The zero-order chi connectivity index (χ0) is 21.8. The van der Waals surface area contributed by atoms with Crippen LogP contribution in [-0.4, -0.2) is 15.7 Å². The Bertz CT molecular complexity index is 1180. The smallest absolute Gasteiger partial charge is 0.338 e. The summed E-state index contributed by atoms with van der Waals surface area (Å²) in [7, 11) is 1.78. The molecule has 6 heteroatoms. The van der Waals surface area contributed by atoms with Crippen LogP contribution in [0.5, 0.6) is 11.6 Å². The number of carbonyl (C=O) groups is 1. The predicted molar refractivity (Wildman–Crippen MR) is 115 cm³/mol. The molecule has 0 spiro atoms. The van der Waals surface area contributed by atoms with Gasteiger partial charge in [0.15, 0.2) is 0 Å². The third-order valence-electron chi connectivity index (χ3n) is 4.80. The first kappa shape index (κ1) is 20.3. The van der Waals surface area contributed by atoms with Gasteiger partial charge in [-0.1, -0.05) is 48.0 Å². The van der Waals surface area contributed by atoms with E-state index in [1.807, 2.05) is 61.5 Å². The van der Waals surface area contributed by atoms with Crippen LogP contribution < -0.4 is 4.74 Å². The van der Waals surface area contributed by atoms with E-state index in [1.54, 1.807) is 11.7 Å². The number of benzene rings is 3. The number of ether oxygens (including phenoxy) is 2. The molecule has 0 aliphatic rings. The molecule has 0 saturated carbocycles. The van der Waals surface area contributed by atoms with Crippen molar-refractivity contribution in [2.75, 3.05) is 0 Å². The molecule has 0 atom stereocenters. The predicted octanol–water partition coefficient (Wildman–Crippen LogP) is 5.68. The van der Waals surface area contributed by atoms with Gasteiger partial charge >= 0.3 is 5.97 Å². The standard InChI is InChI=1S/C25H21FN2O3/c1-17-8-14-21(15-9-17)31-24-22(16-30-25(29)19-10-12-20(26)13-11-19)23(27-28(24)2)18-6-4-3-5-7-18/h3-15H,16H2,1-2H3. The highest BCUT2D eigenvalue weighted by atomic mass is 19.1. The van der Waals surface area contributed by atoms with Crippen LogP contribution in [-0.2, 0) is 18.4 Å². The van der Waals surface area contributed by atoms with Gasteiger partial charge in [0.1, 0.15) is 23.9 Å². The van der Waals surface area contributed by atoms with E-state index in [9.17, 15) is 9.18 Å². The monoisotopic (exact) mass is 416 g/mol. The van der Waals surface area contributed by atoms with Gasteiger partial charge < -0.3 is 9.47 Å². The van der Waals surface area contributed by atoms with Crippen LogP contribution in [0.3, 0.4) is 0 Å². The van der Waals surface area contributed by atoms with Gasteiger partial charge in [0, 0.05) is 12.6 Å². The van der Waals surface area contributed by atoms with Crippen molar-refractivity contribution in [1.82, 2.24) is 9.78 Å². The van der Waals surface area contributed by atoms with Gasteiger partial charge in [-0.25, -0.2) is 13.9 Å². The normalized spacial score (nSPS) is 10.7. The number of nitrogens with zero attached hydrogens (tertiary/aromatic N) is 2. The second-order valence-corrected chi connectivity index (χ2v) is 7.12. The van der Waals surface area contributed by atoms with E-state index in [2.05, 4.69) is 5.10 Å². The van der Waals surface area contributed by atoms with Crippen LogP contribution in [0.4, 0.5) is 4.39 Å². The molecular formula is C25H21FN2O3. The fourth-order valence-electron chi connectivity index (χ4n) is 3.16. The number of hydrogen-bond donors (Lipinski definition) is 0. The molecule has 0 amide bonds. The molecule has 0 N–H and O–H groups in total. The lowest BCUT2D eigenvalue weighted by atomic mass is 10.1. The van der Waals surface area contributed by atoms with E-state index in [0.717, 1.165) is 11.1 Å². The van der Waals surface area contributed by atoms with E-state index in [0.29, 0.717) is 22.9 Å². The van der Waals surface area contributed by atoms with Gasteiger partial charge in [-0.15, -0.1) is 0 Å². The van der Waals surface area contributed by atoms with Crippen molar-refractivity contribution in [3.63, 3.8) is 0 Å². The quantitative estimate of drug-likeness (QED) is 0.379. The van der Waals surface area contributed by atoms with Gasteiger partial charge in [0.2, 0.25) is 5.88 Å². The Morgan fingerprint density at radius 2 is 1.65 bits per heavy atom. The summed E-state index contributed by atoms with van der Waals surface area (Å²) in [5.74, 6) is 0.169. The highest BCUT2D eigenvalue weighted by Crippen LogP contribution is 2.34. The maximum atomic E-state index is 13.1. The highest BCUT2D eigenvalue weighted by Gasteiger charge is 2.21. The minimum atomic E-state index is -0.552. The van der Waals surface area contributed by atoms with Crippen molar-refractivity contribution >= 4 is 5.97 Å². The molecule has 3 aromatic carbocycles. The SMILES string of the molecule is Cc1ccc(Oc2c(COC(=O)c3ccc(F)cc3)c(-c3ccccc3)nn2C)cc1. The summed E-state index contributed by atoms with van der Waals surface area (Å²) >= 11 is 0. The number of aromatic nitrogens is 2. The molecule has 156 valence electrons. The zero-order valence-electron chi connectivity index (χ0n) is 17.2. The van der Waals surface area contributed by atoms with Crippen molar-refractivity contribution in [3.8, 4) is 22.9 Å². The molecule has 0 aliphatic carbocycles. The lowest BCUT2D eigenvalue weighted by Gasteiger charge is -2.10. The van der Waals surface area contributed by atoms with Crippen LogP contribution >= 0.6 is 0 Å². The summed E-state index contributed by atoms with van der Waals surface area (Å²) in [6.45, 7) is 1.96. The fraction of sp³-hybridized carbons (Fsp3) is 0.120. The second-order valence-electron chi connectivity index (χ2n) is 7.12. The molecule has 0 radical (unpaired) electrons. The van der Waals surface area contributed by atoms with Gasteiger partial charge in [-0.05, 0) is 43.3 Å². The molecule has 4 aromatic rings. The number of esters is 1. The van der Waals surface area contributed by atoms with Crippen LogP contribution in [0.25, 0.3) is 11.3 Å². The molecule has 4 rings (SSSR count). The first-order valence-electron chi connectivity index (χ1n) is 9.80. The molecule has 0 bridgehead atoms. The minimum absolute atomic E-state index is 0.0462. The molecule has 0 fully saturated rings. The lowest BCUT2D eigenvalue weighted by molar-refractivity contribution is 0.0471. The van der Waals surface area contributed by atoms with Crippen LogP contribution in [0.1, 0.15) is 21.5 Å². The van der Waals surface area contributed by atoms with E-state index in [-0.39, 0.29) is 12.2 Å². The number of aryl methyl sites for hydroxylation is 2. The average molecular weight is 416 g/mol. The Balaban J connectivity index is 1.66. The van der Waals surface area contributed by atoms with E-state index in [4.69, 9.17) is 9.47 Å². The fourth-order valence-corrected chi connectivity index (χ4v) is 3.16. The summed E-state index contributed by atoms with van der Waals surface area (Å²) in [6, 6.07) is 22.5. The largest absolute Gasteiger partial charge is 0.457 e. The van der Waals surface area contributed by atoms with Crippen molar-refractivity contribution in [3.05, 3.63) is 101 Å². The summed E-state index contributed by atoms with van der Waals surface area (Å²) in [6.07, 6.45) is 0. The molecule has 31 heavy (non-hydrogen) atoms. The molecule has 1 heterocycles. The third-order valence-corrected chi connectivity index (χ3v) is 4.80. The third kappa shape index (κ3) is 4.64.